The van der Waals surface area contributed by atoms with E-state index in [-0.39, 0.29) is 36.9 Å². The molecule has 9 heteroatoms. The van der Waals surface area contributed by atoms with Crippen LogP contribution in [0.15, 0.2) is 36.8 Å². The molecule has 2 atom stereocenters. The fourth-order valence-electron chi connectivity index (χ4n) is 4.93. The van der Waals surface area contributed by atoms with Gasteiger partial charge in [-0.15, -0.1) is 0 Å². The summed E-state index contributed by atoms with van der Waals surface area (Å²) in [6.45, 7) is 0.473. The molecule has 2 aromatic rings. The number of carbonyl (C=O) groups is 1. The van der Waals surface area contributed by atoms with Crippen LogP contribution >= 0.6 is 0 Å². The Morgan fingerprint density at radius 2 is 1.97 bits per heavy atom. The molecule has 0 spiro atoms. The van der Waals surface area contributed by atoms with Crippen LogP contribution in [-0.4, -0.2) is 54.4 Å². The molecule has 0 saturated heterocycles. The Morgan fingerprint density at radius 3 is 2.71 bits per heavy atom. The first-order valence-corrected chi connectivity index (χ1v) is 12.7. The van der Waals surface area contributed by atoms with Gasteiger partial charge in [0.2, 0.25) is 15.9 Å². The van der Waals surface area contributed by atoms with E-state index in [1.54, 1.807) is 0 Å². The minimum atomic E-state index is -3.24. The maximum atomic E-state index is 12.4. The fraction of sp³-hybridized carbons (Fsp3) is 0.545. The minimum Gasteiger partial charge on any atom is -0.393 e. The number of imidazole rings is 1. The Hall–Kier alpha value is -2.23. The van der Waals surface area contributed by atoms with Gasteiger partial charge in [0.1, 0.15) is 0 Å². The number of aliphatic hydroxyl groups is 1. The molecule has 31 heavy (non-hydrogen) atoms. The number of hydrogen-bond donors (Lipinski definition) is 3. The third-order valence-corrected chi connectivity index (χ3v) is 7.27. The molecule has 3 N–H and O–H groups in total. The highest BCUT2D eigenvalue weighted by Crippen LogP contribution is 2.43. The average Bonchev–Trinajstić information content (AvgIpc) is 3.33. The van der Waals surface area contributed by atoms with Crippen molar-refractivity contribution in [3.8, 4) is 11.3 Å². The van der Waals surface area contributed by atoms with Gasteiger partial charge in [-0.25, -0.2) is 18.1 Å². The predicted molar refractivity (Wildman–Crippen MR) is 118 cm³/mol. The molecular weight excluding hydrogens is 416 g/mol. The summed E-state index contributed by atoms with van der Waals surface area (Å²) in [4.78, 5) is 16.6. The molecule has 0 bridgehead atoms. The highest BCUT2D eigenvalue weighted by molar-refractivity contribution is 7.88. The molecule has 0 radical (unpaired) electrons. The maximum Gasteiger partial charge on any atom is 0.223 e. The van der Waals surface area contributed by atoms with Crippen LogP contribution in [0.25, 0.3) is 11.3 Å². The van der Waals surface area contributed by atoms with E-state index in [2.05, 4.69) is 31.7 Å². The number of aromatic nitrogens is 2. The average molecular weight is 447 g/mol. The predicted octanol–water partition coefficient (Wildman–Crippen LogP) is 1.68. The zero-order chi connectivity index (χ0) is 22.0. The van der Waals surface area contributed by atoms with Crippen molar-refractivity contribution in [2.45, 2.75) is 44.2 Å². The molecule has 4 rings (SSSR count). The van der Waals surface area contributed by atoms with Gasteiger partial charge in [0.05, 0.1) is 36.6 Å². The topological polar surface area (TPSA) is 113 Å². The smallest absolute Gasteiger partial charge is 0.223 e. The van der Waals surface area contributed by atoms with Gasteiger partial charge in [0.15, 0.2) is 0 Å². The van der Waals surface area contributed by atoms with Gasteiger partial charge in [-0.2, -0.15) is 0 Å². The number of sulfonamides is 1. The van der Waals surface area contributed by atoms with Gasteiger partial charge in [0, 0.05) is 24.6 Å². The molecule has 1 amide bonds. The first kappa shape index (κ1) is 22.0. The zero-order valence-corrected chi connectivity index (χ0v) is 18.5. The summed E-state index contributed by atoms with van der Waals surface area (Å²) in [6, 6.07) is 8.38. The van der Waals surface area contributed by atoms with Crippen LogP contribution in [0.2, 0.25) is 0 Å². The standard InChI is InChI=1S/C22H30N4O4S/c1-31(29,30)25-11-10-24-22(28)16-8-6-15(7-9-16)21(27)12-19-17-4-2-3-5-18(17)20-13-23-14-26(19)20/h2-5,13-16,19,21,25,27H,6-12H2,1H3,(H,24,28)/t15-,16-,19?,21?. The zero-order valence-electron chi connectivity index (χ0n) is 17.7. The summed E-state index contributed by atoms with van der Waals surface area (Å²) in [7, 11) is -3.24. The van der Waals surface area contributed by atoms with E-state index in [9.17, 15) is 18.3 Å². The number of nitrogens with zero attached hydrogens (tertiary/aromatic N) is 2. The molecule has 8 nitrogen and oxygen atoms in total. The summed E-state index contributed by atoms with van der Waals surface area (Å²) in [5.74, 6) is 0.0702. The second-order valence-electron chi connectivity index (χ2n) is 8.66. The van der Waals surface area contributed by atoms with Crippen LogP contribution in [0.5, 0.6) is 0 Å². The van der Waals surface area contributed by atoms with Gasteiger partial charge < -0.3 is 15.0 Å². The summed E-state index contributed by atoms with van der Waals surface area (Å²) in [6.07, 6.45) is 8.12. The minimum absolute atomic E-state index is 0.0315. The fourth-order valence-corrected chi connectivity index (χ4v) is 5.40. The Bertz CT molecular complexity index is 1030. The van der Waals surface area contributed by atoms with Crippen molar-refractivity contribution in [2.75, 3.05) is 19.3 Å². The molecule has 1 aliphatic carbocycles. The molecule has 168 valence electrons. The molecule has 1 aliphatic heterocycles. The SMILES string of the molecule is CS(=O)(=O)NCCNC(=O)[C@H]1CC[C@H](C(O)CC2c3ccccc3-c3cncn32)CC1. The highest BCUT2D eigenvalue weighted by atomic mass is 32.2. The molecule has 1 aromatic heterocycles. The van der Waals surface area contributed by atoms with Crippen LogP contribution in [0.1, 0.15) is 43.7 Å². The highest BCUT2D eigenvalue weighted by Gasteiger charge is 2.34. The van der Waals surface area contributed by atoms with Crippen molar-refractivity contribution < 1.29 is 18.3 Å². The monoisotopic (exact) mass is 446 g/mol. The number of amides is 1. The van der Waals surface area contributed by atoms with Crippen molar-refractivity contribution >= 4 is 15.9 Å². The number of hydrogen-bond acceptors (Lipinski definition) is 5. The van der Waals surface area contributed by atoms with E-state index in [0.29, 0.717) is 6.42 Å². The van der Waals surface area contributed by atoms with Crippen molar-refractivity contribution in [2.24, 2.45) is 11.8 Å². The van der Waals surface area contributed by atoms with Crippen LogP contribution in [0, 0.1) is 11.8 Å². The number of carbonyl (C=O) groups excluding carboxylic acids is 1. The van der Waals surface area contributed by atoms with Crippen molar-refractivity contribution in [3.05, 3.63) is 42.4 Å². The molecule has 1 fully saturated rings. The van der Waals surface area contributed by atoms with Crippen molar-refractivity contribution in [1.82, 2.24) is 19.6 Å². The summed E-state index contributed by atoms with van der Waals surface area (Å²) < 4.78 is 26.7. The molecule has 1 saturated carbocycles. The Labute approximate surface area is 183 Å². The Balaban J connectivity index is 1.28. The van der Waals surface area contributed by atoms with Gasteiger partial charge in [-0.3, -0.25) is 4.79 Å². The third-order valence-electron chi connectivity index (χ3n) is 6.54. The third kappa shape index (κ3) is 4.99. The lowest BCUT2D eigenvalue weighted by molar-refractivity contribution is -0.126. The van der Waals surface area contributed by atoms with Crippen LogP contribution in [0.4, 0.5) is 0 Å². The molecular formula is C22H30N4O4S. The van der Waals surface area contributed by atoms with Gasteiger partial charge in [-0.1, -0.05) is 24.3 Å². The maximum absolute atomic E-state index is 12.4. The molecule has 1 aromatic carbocycles. The van der Waals surface area contributed by atoms with E-state index in [0.717, 1.165) is 37.6 Å². The Morgan fingerprint density at radius 1 is 1.23 bits per heavy atom. The van der Waals surface area contributed by atoms with E-state index < -0.39 is 16.1 Å². The van der Waals surface area contributed by atoms with Crippen molar-refractivity contribution in [1.29, 1.82) is 0 Å². The largest absolute Gasteiger partial charge is 0.393 e. The second-order valence-corrected chi connectivity index (χ2v) is 10.5. The quantitative estimate of drug-likeness (QED) is 0.534. The Kier molecular flexibility index (Phi) is 6.45. The van der Waals surface area contributed by atoms with Crippen LogP contribution in [0.3, 0.4) is 0 Å². The summed E-state index contributed by atoms with van der Waals surface area (Å²) in [5.41, 5.74) is 3.51. The molecule has 2 aliphatic rings. The first-order chi connectivity index (χ1) is 14.8. The number of benzene rings is 1. The lowest BCUT2D eigenvalue weighted by Gasteiger charge is -2.32. The lowest BCUT2D eigenvalue weighted by Crippen LogP contribution is -2.39. The van der Waals surface area contributed by atoms with E-state index in [1.165, 1.54) is 11.1 Å². The van der Waals surface area contributed by atoms with Gasteiger partial charge in [0.25, 0.3) is 0 Å². The van der Waals surface area contributed by atoms with Crippen molar-refractivity contribution in [3.63, 3.8) is 0 Å². The van der Waals surface area contributed by atoms with Crippen LogP contribution < -0.4 is 10.0 Å². The summed E-state index contributed by atoms with van der Waals surface area (Å²) in [5, 5.41) is 13.8. The van der Waals surface area contributed by atoms with E-state index >= 15 is 0 Å². The number of nitrogens with one attached hydrogen (secondary N) is 2. The van der Waals surface area contributed by atoms with Crippen LogP contribution in [-0.2, 0) is 14.8 Å². The molecule has 2 unspecified atom stereocenters. The van der Waals surface area contributed by atoms with E-state index in [4.69, 9.17) is 0 Å². The lowest BCUT2D eigenvalue weighted by atomic mass is 9.77. The molecule has 2 heterocycles. The number of fused-ring (bicyclic) bond motifs is 3. The normalized spacial score (nSPS) is 23.7. The van der Waals surface area contributed by atoms with Gasteiger partial charge >= 0.3 is 0 Å². The number of aliphatic hydroxyl groups excluding tert-OH is 1. The summed E-state index contributed by atoms with van der Waals surface area (Å²) >= 11 is 0. The van der Waals surface area contributed by atoms with E-state index in [1.807, 2.05) is 24.7 Å². The number of rotatable bonds is 8. The second kappa shape index (κ2) is 9.10. The first-order valence-electron chi connectivity index (χ1n) is 10.8. The van der Waals surface area contributed by atoms with Gasteiger partial charge in [-0.05, 0) is 43.6 Å².